The van der Waals surface area contributed by atoms with E-state index in [1.54, 1.807) is 0 Å². The van der Waals surface area contributed by atoms with Crippen LogP contribution in [0.1, 0.15) is 25.0 Å². The molecule has 0 aliphatic rings. The first-order chi connectivity index (χ1) is 16.8. The molecule has 2 aromatic heterocycles. The second kappa shape index (κ2) is 8.35. The third-order valence-electron chi connectivity index (χ3n) is 6.81. The molecule has 0 atom stereocenters. The van der Waals surface area contributed by atoms with Gasteiger partial charge in [0.05, 0.1) is 16.7 Å². The van der Waals surface area contributed by atoms with E-state index in [1.165, 1.54) is 38.6 Å². The lowest BCUT2D eigenvalue weighted by Gasteiger charge is -2.17. The molecule has 34 heavy (non-hydrogen) atoms. The Hall–Kier alpha value is -4.11. The van der Waals surface area contributed by atoms with Crippen LogP contribution >= 0.6 is 0 Å². The molecule has 3 nitrogen and oxygen atoms in total. The Morgan fingerprint density at radius 3 is 1.82 bits per heavy atom. The molecule has 4 aromatic carbocycles. The van der Waals surface area contributed by atoms with Gasteiger partial charge in [0.15, 0.2) is 0 Å². The molecule has 0 spiro atoms. The molecule has 0 bridgehead atoms. The lowest BCUT2D eigenvalue weighted by Crippen LogP contribution is -2.05. The maximum absolute atomic E-state index is 4.76. The van der Waals surface area contributed by atoms with E-state index in [0.717, 1.165) is 29.9 Å². The van der Waals surface area contributed by atoms with Gasteiger partial charge in [-0.2, -0.15) is 0 Å². The number of hydrogen-bond acceptors (Lipinski definition) is 1. The van der Waals surface area contributed by atoms with Crippen LogP contribution in [0.4, 0.5) is 0 Å². The quantitative estimate of drug-likeness (QED) is 0.268. The van der Waals surface area contributed by atoms with Gasteiger partial charge in [-0.15, -0.1) is 0 Å². The van der Waals surface area contributed by atoms with E-state index < -0.39 is 0 Å². The summed E-state index contributed by atoms with van der Waals surface area (Å²) < 4.78 is 4.61. The van der Waals surface area contributed by atoms with Crippen molar-refractivity contribution in [1.29, 1.82) is 0 Å². The maximum atomic E-state index is 4.76. The summed E-state index contributed by atoms with van der Waals surface area (Å²) >= 11 is 0. The van der Waals surface area contributed by atoms with Crippen molar-refractivity contribution in [2.24, 2.45) is 0 Å². The number of nitrogens with zero attached hydrogens (tertiary/aromatic N) is 3. The number of fused-ring (bicyclic) bond motifs is 3. The van der Waals surface area contributed by atoms with Crippen molar-refractivity contribution in [3.63, 3.8) is 0 Å². The van der Waals surface area contributed by atoms with E-state index >= 15 is 0 Å². The van der Waals surface area contributed by atoms with Crippen LogP contribution in [-0.4, -0.2) is 14.1 Å². The molecule has 6 aromatic rings. The van der Waals surface area contributed by atoms with Crippen LogP contribution in [0.25, 0.3) is 44.6 Å². The van der Waals surface area contributed by atoms with Crippen molar-refractivity contribution in [3.8, 4) is 22.8 Å². The van der Waals surface area contributed by atoms with E-state index in [0.29, 0.717) is 0 Å². The Kier molecular flexibility index (Phi) is 5.03. The van der Waals surface area contributed by atoms with Crippen LogP contribution in [-0.2, 0) is 12.8 Å². The molecule has 0 aliphatic carbocycles. The standard InChI is InChI=1S/C31H27N3/c1-3-22-10-9-11-23(4-2)30(22)33-21-20-32-31(33)24-16-18-25(19-17-24)34-28-14-7-5-12-26(28)27-13-6-8-15-29(27)34/h5-21H,3-4H2,1-2H3. The van der Waals surface area contributed by atoms with Gasteiger partial charge in [0.1, 0.15) is 5.82 Å². The van der Waals surface area contributed by atoms with Crippen LogP contribution in [0.3, 0.4) is 0 Å². The Bertz CT molecular complexity index is 1540. The molecule has 2 heterocycles. The molecule has 0 amide bonds. The number of imidazole rings is 1. The second-order valence-corrected chi connectivity index (χ2v) is 8.67. The van der Waals surface area contributed by atoms with Crippen LogP contribution in [0.5, 0.6) is 0 Å². The third-order valence-corrected chi connectivity index (χ3v) is 6.81. The van der Waals surface area contributed by atoms with Crippen molar-refractivity contribution in [3.05, 3.63) is 115 Å². The first kappa shape index (κ1) is 20.5. The van der Waals surface area contributed by atoms with E-state index in [1.807, 2.05) is 6.20 Å². The topological polar surface area (TPSA) is 22.8 Å². The Labute approximate surface area is 199 Å². The average Bonchev–Trinajstić information content (AvgIpc) is 3.51. The van der Waals surface area contributed by atoms with Gasteiger partial charge in [-0.05, 0) is 60.4 Å². The monoisotopic (exact) mass is 441 g/mol. The molecule has 0 saturated carbocycles. The summed E-state index contributed by atoms with van der Waals surface area (Å²) in [6, 6.07) is 32.7. The number of aromatic nitrogens is 3. The summed E-state index contributed by atoms with van der Waals surface area (Å²) in [4.78, 5) is 4.76. The lowest BCUT2D eigenvalue weighted by atomic mass is 10.0. The largest absolute Gasteiger partial charge is 0.309 e. The predicted octanol–water partition coefficient (Wildman–Crippen LogP) is 7.76. The molecular weight excluding hydrogens is 414 g/mol. The molecule has 0 fully saturated rings. The second-order valence-electron chi connectivity index (χ2n) is 8.67. The average molecular weight is 442 g/mol. The number of aryl methyl sites for hydroxylation is 2. The van der Waals surface area contributed by atoms with E-state index in [9.17, 15) is 0 Å². The van der Waals surface area contributed by atoms with Gasteiger partial charge in [0.2, 0.25) is 0 Å². The summed E-state index contributed by atoms with van der Waals surface area (Å²) in [6.07, 6.45) is 5.98. The minimum atomic E-state index is 0.976. The van der Waals surface area contributed by atoms with Crippen LogP contribution in [0, 0.1) is 0 Å². The molecule has 0 radical (unpaired) electrons. The van der Waals surface area contributed by atoms with Crippen molar-refractivity contribution in [1.82, 2.24) is 14.1 Å². The van der Waals surface area contributed by atoms with Gasteiger partial charge in [-0.1, -0.05) is 68.4 Å². The van der Waals surface area contributed by atoms with Crippen molar-refractivity contribution >= 4 is 21.8 Å². The molecule has 0 N–H and O–H groups in total. The highest BCUT2D eigenvalue weighted by atomic mass is 15.1. The first-order valence-electron chi connectivity index (χ1n) is 12.0. The molecule has 0 aliphatic heterocycles. The fourth-order valence-electron chi connectivity index (χ4n) is 5.18. The summed E-state index contributed by atoms with van der Waals surface area (Å²) in [5.41, 5.74) is 8.68. The normalized spacial score (nSPS) is 11.5. The fourth-order valence-corrected chi connectivity index (χ4v) is 5.18. The maximum Gasteiger partial charge on any atom is 0.144 e. The molecule has 6 rings (SSSR count). The summed E-state index contributed by atoms with van der Waals surface area (Å²) in [6.45, 7) is 4.44. The zero-order chi connectivity index (χ0) is 23.1. The van der Waals surface area contributed by atoms with Crippen molar-refractivity contribution < 1.29 is 0 Å². The highest BCUT2D eigenvalue weighted by Gasteiger charge is 2.15. The van der Waals surface area contributed by atoms with E-state index in [4.69, 9.17) is 4.98 Å². The molecule has 3 heteroatoms. The van der Waals surface area contributed by atoms with Gasteiger partial charge in [-0.3, -0.25) is 4.57 Å². The van der Waals surface area contributed by atoms with Crippen LogP contribution in [0.15, 0.2) is 103 Å². The van der Waals surface area contributed by atoms with Crippen molar-refractivity contribution in [2.75, 3.05) is 0 Å². The molecular formula is C31H27N3. The summed E-state index contributed by atoms with van der Waals surface area (Å²) in [7, 11) is 0. The Balaban J connectivity index is 1.48. The number of hydrogen-bond donors (Lipinski definition) is 0. The van der Waals surface area contributed by atoms with E-state index in [2.05, 4.69) is 120 Å². The van der Waals surface area contributed by atoms with Gasteiger partial charge >= 0.3 is 0 Å². The Morgan fingerprint density at radius 2 is 1.24 bits per heavy atom. The highest BCUT2D eigenvalue weighted by molar-refractivity contribution is 6.09. The number of para-hydroxylation sites is 3. The fraction of sp³-hybridized carbons (Fsp3) is 0.129. The van der Waals surface area contributed by atoms with Gasteiger partial charge < -0.3 is 4.57 Å². The lowest BCUT2D eigenvalue weighted by molar-refractivity contribution is 0.969. The van der Waals surface area contributed by atoms with Crippen LogP contribution < -0.4 is 0 Å². The molecule has 166 valence electrons. The zero-order valence-electron chi connectivity index (χ0n) is 19.6. The summed E-state index contributed by atoms with van der Waals surface area (Å²) in [5, 5.41) is 2.56. The van der Waals surface area contributed by atoms with Crippen LogP contribution in [0.2, 0.25) is 0 Å². The van der Waals surface area contributed by atoms with Gasteiger partial charge in [0, 0.05) is 34.4 Å². The van der Waals surface area contributed by atoms with Gasteiger partial charge in [0.25, 0.3) is 0 Å². The minimum Gasteiger partial charge on any atom is -0.309 e. The smallest absolute Gasteiger partial charge is 0.144 e. The van der Waals surface area contributed by atoms with E-state index in [-0.39, 0.29) is 0 Å². The zero-order valence-corrected chi connectivity index (χ0v) is 19.6. The SMILES string of the molecule is CCc1cccc(CC)c1-n1ccnc1-c1ccc(-n2c3ccccc3c3ccccc32)cc1. The Morgan fingerprint density at radius 1 is 0.647 bits per heavy atom. The number of benzene rings is 4. The first-order valence-corrected chi connectivity index (χ1v) is 12.0. The minimum absolute atomic E-state index is 0.976. The molecule has 0 unspecified atom stereocenters. The highest BCUT2D eigenvalue weighted by Crippen LogP contribution is 2.33. The third kappa shape index (κ3) is 3.16. The van der Waals surface area contributed by atoms with Gasteiger partial charge in [-0.25, -0.2) is 4.98 Å². The number of rotatable bonds is 5. The van der Waals surface area contributed by atoms with Crippen molar-refractivity contribution in [2.45, 2.75) is 26.7 Å². The molecule has 0 saturated heterocycles. The predicted molar refractivity (Wildman–Crippen MR) is 142 cm³/mol. The summed E-state index contributed by atoms with van der Waals surface area (Å²) in [5.74, 6) is 0.976.